The van der Waals surface area contributed by atoms with Crippen molar-refractivity contribution < 1.29 is 30.3 Å². The first-order valence-electron chi connectivity index (χ1n) is 3.37. The third kappa shape index (κ3) is 3.63. The Hall–Kier alpha value is -0.690. The standard InChI is InChI=1S/C6H12O6/c7-2-5(10)3(8)1-4(9)6(11)12/h3-5,7-10H,1-2H2,(H,11,12)/t3-,4+,5+/m1/s1. The number of carbonyl (C=O) groups is 1. The fourth-order valence-electron chi connectivity index (χ4n) is 0.608. The van der Waals surface area contributed by atoms with Crippen molar-refractivity contribution >= 4 is 5.97 Å². The highest BCUT2D eigenvalue weighted by Crippen LogP contribution is 2.02. The number of carboxylic acid groups (broad SMARTS) is 1. The Bertz CT molecular complexity index is 147. The average molecular weight is 180 g/mol. The largest absolute Gasteiger partial charge is 0.479 e. The van der Waals surface area contributed by atoms with E-state index >= 15 is 0 Å². The van der Waals surface area contributed by atoms with Crippen LogP contribution in [-0.2, 0) is 4.79 Å². The number of aliphatic hydroxyl groups excluding tert-OH is 4. The predicted octanol–water partition coefficient (Wildman–Crippen LogP) is -2.46. The lowest BCUT2D eigenvalue weighted by molar-refractivity contribution is -0.149. The van der Waals surface area contributed by atoms with Crippen LogP contribution >= 0.6 is 0 Å². The zero-order valence-corrected chi connectivity index (χ0v) is 6.29. The Labute approximate surface area is 68.7 Å². The second-order valence-corrected chi connectivity index (χ2v) is 2.41. The minimum atomic E-state index is -1.72. The molecule has 6 nitrogen and oxygen atoms in total. The van der Waals surface area contributed by atoms with Gasteiger partial charge in [-0.3, -0.25) is 0 Å². The van der Waals surface area contributed by atoms with E-state index in [9.17, 15) is 4.79 Å². The van der Waals surface area contributed by atoms with E-state index in [1.54, 1.807) is 0 Å². The third-order valence-electron chi connectivity index (χ3n) is 1.38. The van der Waals surface area contributed by atoms with Crippen LogP contribution in [0.1, 0.15) is 6.42 Å². The lowest BCUT2D eigenvalue weighted by Gasteiger charge is -2.16. The molecule has 0 spiro atoms. The molecule has 6 heteroatoms. The minimum absolute atomic E-state index is 0.503. The van der Waals surface area contributed by atoms with Crippen molar-refractivity contribution in [3.8, 4) is 0 Å². The highest BCUT2D eigenvalue weighted by atomic mass is 16.4. The highest BCUT2D eigenvalue weighted by Gasteiger charge is 2.23. The van der Waals surface area contributed by atoms with Gasteiger partial charge in [-0.15, -0.1) is 0 Å². The molecule has 0 aliphatic rings. The molecule has 0 rings (SSSR count). The van der Waals surface area contributed by atoms with Gasteiger partial charge in [0.05, 0.1) is 12.7 Å². The summed E-state index contributed by atoms with van der Waals surface area (Å²) in [5.74, 6) is -1.47. The summed E-state index contributed by atoms with van der Waals surface area (Å²) in [6.45, 7) is -0.673. The third-order valence-corrected chi connectivity index (χ3v) is 1.38. The van der Waals surface area contributed by atoms with E-state index in [-0.39, 0.29) is 0 Å². The fourth-order valence-corrected chi connectivity index (χ4v) is 0.608. The van der Waals surface area contributed by atoms with Gasteiger partial charge in [0.1, 0.15) is 6.10 Å². The molecule has 12 heavy (non-hydrogen) atoms. The smallest absolute Gasteiger partial charge is 0.332 e. The first-order chi connectivity index (χ1) is 5.49. The Balaban J connectivity index is 3.83. The zero-order valence-electron chi connectivity index (χ0n) is 6.29. The summed E-state index contributed by atoms with van der Waals surface area (Å²) in [7, 11) is 0. The van der Waals surface area contributed by atoms with Crippen LogP contribution in [0.5, 0.6) is 0 Å². The van der Waals surface area contributed by atoms with Gasteiger partial charge in [-0.25, -0.2) is 4.79 Å². The highest BCUT2D eigenvalue weighted by molar-refractivity contribution is 5.71. The topological polar surface area (TPSA) is 118 Å². The molecule has 3 atom stereocenters. The second kappa shape index (κ2) is 5.04. The van der Waals surface area contributed by atoms with Crippen LogP contribution in [0.25, 0.3) is 0 Å². The molecule has 0 radical (unpaired) electrons. The first kappa shape index (κ1) is 11.3. The fraction of sp³-hybridized carbons (Fsp3) is 0.833. The van der Waals surface area contributed by atoms with E-state index in [2.05, 4.69) is 0 Å². The zero-order chi connectivity index (χ0) is 9.72. The normalized spacial score (nSPS) is 18.3. The van der Waals surface area contributed by atoms with E-state index < -0.39 is 37.3 Å². The Kier molecular flexibility index (Phi) is 4.75. The van der Waals surface area contributed by atoms with Crippen LogP contribution in [-0.4, -0.2) is 56.4 Å². The average Bonchev–Trinajstić information content (AvgIpc) is 2.02. The molecular weight excluding hydrogens is 168 g/mol. The maximum Gasteiger partial charge on any atom is 0.332 e. The summed E-state index contributed by atoms with van der Waals surface area (Å²) < 4.78 is 0. The molecule has 72 valence electrons. The van der Waals surface area contributed by atoms with E-state index in [4.69, 9.17) is 25.5 Å². The number of hydrogen-bond donors (Lipinski definition) is 5. The van der Waals surface area contributed by atoms with Gasteiger partial charge in [0.25, 0.3) is 0 Å². The molecule has 0 bridgehead atoms. The second-order valence-electron chi connectivity index (χ2n) is 2.41. The summed E-state index contributed by atoms with van der Waals surface area (Å²) >= 11 is 0. The number of hydrogen-bond acceptors (Lipinski definition) is 5. The van der Waals surface area contributed by atoms with E-state index in [0.717, 1.165) is 0 Å². The lowest BCUT2D eigenvalue weighted by Crippen LogP contribution is -2.35. The maximum atomic E-state index is 10.0. The first-order valence-corrected chi connectivity index (χ1v) is 3.37. The van der Waals surface area contributed by atoms with Crippen LogP contribution in [0.2, 0.25) is 0 Å². The molecule has 5 N–H and O–H groups in total. The molecule has 0 aromatic heterocycles. The monoisotopic (exact) mass is 180 g/mol. The van der Waals surface area contributed by atoms with Crippen molar-refractivity contribution in [2.45, 2.75) is 24.7 Å². The quantitative estimate of drug-likeness (QED) is 0.320. The number of rotatable bonds is 5. The van der Waals surface area contributed by atoms with E-state index in [0.29, 0.717) is 0 Å². The predicted molar refractivity (Wildman–Crippen MR) is 37.4 cm³/mol. The van der Waals surface area contributed by atoms with Gasteiger partial charge in [0.2, 0.25) is 0 Å². The summed E-state index contributed by atoms with van der Waals surface area (Å²) in [6, 6.07) is 0. The van der Waals surface area contributed by atoms with Crippen LogP contribution < -0.4 is 0 Å². The van der Waals surface area contributed by atoms with E-state index in [1.165, 1.54) is 0 Å². The Morgan fingerprint density at radius 3 is 2.00 bits per heavy atom. The molecule has 0 saturated heterocycles. The van der Waals surface area contributed by atoms with Gasteiger partial charge in [0.15, 0.2) is 6.10 Å². The number of carboxylic acids is 1. The minimum Gasteiger partial charge on any atom is -0.479 e. The van der Waals surface area contributed by atoms with Gasteiger partial charge in [0, 0.05) is 6.42 Å². The van der Waals surface area contributed by atoms with Crippen molar-refractivity contribution in [3.63, 3.8) is 0 Å². The molecular formula is C6H12O6. The van der Waals surface area contributed by atoms with Gasteiger partial charge in [-0.1, -0.05) is 0 Å². The van der Waals surface area contributed by atoms with Gasteiger partial charge in [-0.2, -0.15) is 0 Å². The van der Waals surface area contributed by atoms with Crippen molar-refractivity contribution in [1.29, 1.82) is 0 Å². The molecule has 0 aromatic rings. The number of aliphatic carboxylic acids is 1. The summed E-state index contributed by atoms with van der Waals surface area (Å²) in [6.07, 6.45) is -5.07. The molecule has 0 unspecified atom stereocenters. The molecule has 0 aliphatic carbocycles. The van der Waals surface area contributed by atoms with Crippen molar-refractivity contribution in [3.05, 3.63) is 0 Å². The Morgan fingerprint density at radius 2 is 1.67 bits per heavy atom. The van der Waals surface area contributed by atoms with Crippen LogP contribution in [0.15, 0.2) is 0 Å². The van der Waals surface area contributed by atoms with Crippen LogP contribution in [0.4, 0.5) is 0 Å². The van der Waals surface area contributed by atoms with Gasteiger partial charge >= 0.3 is 5.97 Å². The SMILES string of the molecule is O=C(O)[C@@H](O)C[C@@H](O)[C@@H](O)CO. The lowest BCUT2D eigenvalue weighted by atomic mass is 10.1. The molecule has 0 heterocycles. The molecule has 0 saturated carbocycles. The van der Waals surface area contributed by atoms with Crippen molar-refractivity contribution in [2.24, 2.45) is 0 Å². The van der Waals surface area contributed by atoms with Crippen LogP contribution in [0.3, 0.4) is 0 Å². The number of aliphatic hydroxyl groups is 4. The van der Waals surface area contributed by atoms with Crippen LogP contribution in [0, 0.1) is 0 Å². The summed E-state index contributed by atoms with van der Waals surface area (Å²) in [5.41, 5.74) is 0. The van der Waals surface area contributed by atoms with Gasteiger partial charge in [-0.05, 0) is 0 Å². The Morgan fingerprint density at radius 1 is 1.17 bits per heavy atom. The molecule has 0 aliphatic heterocycles. The van der Waals surface area contributed by atoms with Gasteiger partial charge < -0.3 is 25.5 Å². The van der Waals surface area contributed by atoms with Crippen molar-refractivity contribution in [1.82, 2.24) is 0 Å². The van der Waals surface area contributed by atoms with E-state index in [1.807, 2.05) is 0 Å². The summed E-state index contributed by atoms with van der Waals surface area (Å²) in [5, 5.41) is 42.8. The molecule has 0 amide bonds. The van der Waals surface area contributed by atoms with Crippen molar-refractivity contribution in [2.75, 3.05) is 6.61 Å². The maximum absolute atomic E-state index is 10.0. The molecule has 0 fully saturated rings. The molecule has 0 aromatic carbocycles. The summed E-state index contributed by atoms with van der Waals surface area (Å²) in [4.78, 5) is 10.0.